The normalized spacial score (nSPS) is 18.9. The van der Waals surface area contributed by atoms with Crippen LogP contribution in [0.1, 0.15) is 6.42 Å². The van der Waals surface area contributed by atoms with Gasteiger partial charge in [0.25, 0.3) is 0 Å². The number of ether oxygens (including phenoxy) is 1. The Morgan fingerprint density at radius 2 is 2.20 bits per heavy atom. The van der Waals surface area contributed by atoms with Crippen molar-refractivity contribution < 1.29 is 4.74 Å². The molecule has 1 fully saturated rings. The van der Waals surface area contributed by atoms with Gasteiger partial charge in [-0.05, 0) is 23.8 Å². The summed E-state index contributed by atoms with van der Waals surface area (Å²) in [5.74, 6) is 3.61. The Morgan fingerprint density at radius 1 is 1.40 bits per heavy atom. The van der Waals surface area contributed by atoms with E-state index in [0.29, 0.717) is 6.54 Å². The molecule has 1 rings (SSSR count). The van der Waals surface area contributed by atoms with E-state index in [2.05, 4.69) is 0 Å². The Kier molecular flexibility index (Phi) is 4.18. The van der Waals surface area contributed by atoms with E-state index in [1.54, 1.807) is 0 Å². The number of nitrogens with two attached hydrogens (primary N) is 1. The zero-order chi connectivity index (χ0) is 7.23. The molecule has 0 bridgehead atoms. The van der Waals surface area contributed by atoms with Gasteiger partial charge in [0.2, 0.25) is 0 Å². The predicted molar refractivity (Wildman–Crippen MR) is 45.3 cm³/mol. The van der Waals surface area contributed by atoms with Gasteiger partial charge in [-0.15, -0.1) is 0 Å². The van der Waals surface area contributed by atoms with Gasteiger partial charge in [0.05, 0.1) is 6.61 Å². The lowest BCUT2D eigenvalue weighted by Gasteiger charge is -2.24. The summed E-state index contributed by atoms with van der Waals surface area (Å²) in [5.41, 5.74) is 5.26. The van der Waals surface area contributed by atoms with Crippen molar-refractivity contribution in [3.05, 3.63) is 0 Å². The molecule has 0 unspecified atom stereocenters. The smallest absolute Gasteiger partial charge is 0.0588 e. The Balaban J connectivity index is 1.76. The lowest BCUT2D eigenvalue weighted by atomic mass is 10.1. The van der Waals surface area contributed by atoms with Crippen LogP contribution in [0.25, 0.3) is 0 Å². The van der Waals surface area contributed by atoms with Gasteiger partial charge >= 0.3 is 0 Å². The highest BCUT2D eigenvalue weighted by atomic mass is 32.2. The molecule has 1 aliphatic rings. The molecule has 0 amide bonds. The first-order valence-electron chi connectivity index (χ1n) is 3.79. The SMILES string of the molecule is NCCOCCC1CSC1. The molecule has 0 aromatic carbocycles. The minimum Gasteiger partial charge on any atom is -0.380 e. The fraction of sp³-hybridized carbons (Fsp3) is 1.00. The maximum atomic E-state index is 5.26. The summed E-state index contributed by atoms with van der Waals surface area (Å²) >= 11 is 2.03. The van der Waals surface area contributed by atoms with Crippen LogP contribution in [-0.2, 0) is 4.74 Å². The second-order valence-electron chi connectivity index (χ2n) is 2.59. The standard InChI is InChI=1S/C7H15NOS/c8-2-4-9-3-1-7-5-10-6-7/h7H,1-6,8H2. The summed E-state index contributed by atoms with van der Waals surface area (Å²) in [6.45, 7) is 2.28. The third kappa shape index (κ3) is 2.90. The van der Waals surface area contributed by atoms with Gasteiger partial charge in [-0.2, -0.15) is 11.8 Å². The lowest BCUT2D eigenvalue weighted by molar-refractivity contribution is 0.130. The highest BCUT2D eigenvalue weighted by Gasteiger charge is 2.16. The second kappa shape index (κ2) is 4.99. The van der Waals surface area contributed by atoms with Crippen molar-refractivity contribution in [2.24, 2.45) is 11.7 Å². The van der Waals surface area contributed by atoms with E-state index in [4.69, 9.17) is 10.5 Å². The largest absolute Gasteiger partial charge is 0.380 e. The molecule has 0 atom stereocenters. The first kappa shape index (κ1) is 8.37. The van der Waals surface area contributed by atoms with Crippen LogP contribution in [0.2, 0.25) is 0 Å². The molecule has 3 heteroatoms. The maximum absolute atomic E-state index is 5.26. The number of hydrogen-bond donors (Lipinski definition) is 1. The van der Waals surface area contributed by atoms with Gasteiger partial charge < -0.3 is 10.5 Å². The third-order valence-electron chi connectivity index (χ3n) is 1.64. The predicted octanol–water partition coefficient (Wildman–Crippen LogP) is 0.715. The maximum Gasteiger partial charge on any atom is 0.0588 e. The Morgan fingerprint density at radius 3 is 2.70 bits per heavy atom. The van der Waals surface area contributed by atoms with Crippen LogP contribution >= 0.6 is 11.8 Å². The molecule has 1 aliphatic heterocycles. The minimum atomic E-state index is 0.652. The van der Waals surface area contributed by atoms with E-state index in [9.17, 15) is 0 Å². The van der Waals surface area contributed by atoms with Crippen molar-refractivity contribution in [1.29, 1.82) is 0 Å². The van der Waals surface area contributed by atoms with Gasteiger partial charge in [0.15, 0.2) is 0 Å². The van der Waals surface area contributed by atoms with E-state index in [0.717, 1.165) is 19.1 Å². The summed E-state index contributed by atoms with van der Waals surface area (Å²) in [7, 11) is 0. The van der Waals surface area contributed by atoms with Crippen molar-refractivity contribution in [3.63, 3.8) is 0 Å². The molecular formula is C7H15NOS. The van der Waals surface area contributed by atoms with Crippen molar-refractivity contribution in [2.75, 3.05) is 31.3 Å². The van der Waals surface area contributed by atoms with Crippen molar-refractivity contribution in [2.45, 2.75) is 6.42 Å². The highest BCUT2D eigenvalue weighted by Crippen LogP contribution is 2.26. The topological polar surface area (TPSA) is 35.2 Å². The van der Waals surface area contributed by atoms with Crippen LogP contribution in [-0.4, -0.2) is 31.3 Å². The molecule has 0 saturated carbocycles. The van der Waals surface area contributed by atoms with E-state index >= 15 is 0 Å². The molecule has 0 aliphatic carbocycles. The van der Waals surface area contributed by atoms with Crippen LogP contribution in [0.15, 0.2) is 0 Å². The molecule has 60 valence electrons. The number of thioether (sulfide) groups is 1. The Bertz CT molecular complexity index is 85.7. The lowest BCUT2D eigenvalue weighted by Crippen LogP contribution is -2.20. The van der Waals surface area contributed by atoms with E-state index < -0.39 is 0 Å². The highest BCUT2D eigenvalue weighted by molar-refractivity contribution is 8.00. The summed E-state index contributed by atoms with van der Waals surface area (Å²) in [5, 5.41) is 0. The number of rotatable bonds is 5. The van der Waals surface area contributed by atoms with Crippen LogP contribution in [0.4, 0.5) is 0 Å². The Labute approximate surface area is 66.5 Å². The molecule has 0 radical (unpaired) electrons. The van der Waals surface area contributed by atoms with Crippen molar-refractivity contribution >= 4 is 11.8 Å². The quantitative estimate of drug-likeness (QED) is 0.603. The van der Waals surface area contributed by atoms with Gasteiger partial charge in [0, 0.05) is 13.2 Å². The third-order valence-corrected chi connectivity index (χ3v) is 3.05. The average molecular weight is 161 g/mol. The zero-order valence-electron chi connectivity index (χ0n) is 6.21. The van der Waals surface area contributed by atoms with Gasteiger partial charge in [0.1, 0.15) is 0 Å². The van der Waals surface area contributed by atoms with Gasteiger partial charge in [-0.3, -0.25) is 0 Å². The first-order valence-corrected chi connectivity index (χ1v) is 4.94. The number of hydrogen-bond acceptors (Lipinski definition) is 3. The van der Waals surface area contributed by atoms with Crippen LogP contribution in [0, 0.1) is 5.92 Å². The molecule has 2 N–H and O–H groups in total. The molecule has 0 aromatic rings. The van der Waals surface area contributed by atoms with E-state index in [1.165, 1.54) is 17.9 Å². The first-order chi connectivity index (χ1) is 4.93. The summed E-state index contributed by atoms with van der Waals surface area (Å²) in [6.07, 6.45) is 1.23. The van der Waals surface area contributed by atoms with Crippen LogP contribution in [0.3, 0.4) is 0 Å². The average Bonchev–Trinajstić information content (AvgIpc) is 1.84. The second-order valence-corrected chi connectivity index (χ2v) is 3.67. The van der Waals surface area contributed by atoms with E-state index in [1.807, 2.05) is 11.8 Å². The molecule has 2 nitrogen and oxygen atoms in total. The molecular weight excluding hydrogens is 146 g/mol. The summed E-state index contributed by atoms with van der Waals surface area (Å²) < 4.78 is 5.25. The minimum absolute atomic E-state index is 0.652. The molecule has 10 heavy (non-hydrogen) atoms. The fourth-order valence-corrected chi connectivity index (χ4v) is 1.79. The van der Waals surface area contributed by atoms with Crippen LogP contribution < -0.4 is 5.73 Å². The fourth-order valence-electron chi connectivity index (χ4n) is 0.887. The molecule has 0 spiro atoms. The Hall–Kier alpha value is 0.270. The van der Waals surface area contributed by atoms with Gasteiger partial charge in [-0.25, -0.2) is 0 Å². The molecule has 1 saturated heterocycles. The van der Waals surface area contributed by atoms with Crippen LogP contribution in [0.5, 0.6) is 0 Å². The van der Waals surface area contributed by atoms with Crippen molar-refractivity contribution in [3.8, 4) is 0 Å². The van der Waals surface area contributed by atoms with Crippen molar-refractivity contribution in [1.82, 2.24) is 0 Å². The zero-order valence-corrected chi connectivity index (χ0v) is 7.03. The van der Waals surface area contributed by atoms with E-state index in [-0.39, 0.29) is 0 Å². The monoisotopic (exact) mass is 161 g/mol. The summed E-state index contributed by atoms with van der Waals surface area (Å²) in [4.78, 5) is 0. The molecule has 1 heterocycles. The van der Waals surface area contributed by atoms with Gasteiger partial charge in [-0.1, -0.05) is 0 Å². The molecule has 0 aromatic heterocycles. The summed E-state index contributed by atoms with van der Waals surface area (Å²) in [6, 6.07) is 0.